The Kier molecular flexibility index (Phi) is 5.28. The second-order valence-electron chi connectivity index (χ2n) is 5.18. The predicted octanol–water partition coefficient (Wildman–Crippen LogP) is 3.58. The molecular formula is C17H23NO3. The summed E-state index contributed by atoms with van der Waals surface area (Å²) in [6.45, 7) is 4.28. The zero-order valence-corrected chi connectivity index (χ0v) is 13.1. The molecule has 0 saturated carbocycles. The summed E-state index contributed by atoms with van der Waals surface area (Å²) >= 11 is 0. The van der Waals surface area contributed by atoms with Gasteiger partial charge in [0, 0.05) is 30.1 Å². The van der Waals surface area contributed by atoms with Gasteiger partial charge in [-0.05, 0) is 32.0 Å². The lowest BCUT2D eigenvalue weighted by molar-refractivity contribution is 0.379. The molecule has 0 bridgehead atoms. The quantitative estimate of drug-likeness (QED) is 0.846. The molecule has 2 rings (SSSR count). The molecule has 1 aromatic heterocycles. The molecule has 0 aliphatic carbocycles. The van der Waals surface area contributed by atoms with Crippen LogP contribution in [0.25, 0.3) is 0 Å². The summed E-state index contributed by atoms with van der Waals surface area (Å²) in [4.78, 5) is 0. The van der Waals surface area contributed by atoms with Crippen molar-refractivity contribution in [1.29, 1.82) is 0 Å². The smallest absolute Gasteiger partial charge is 0.127 e. The van der Waals surface area contributed by atoms with Crippen molar-refractivity contribution in [2.45, 2.75) is 32.4 Å². The van der Waals surface area contributed by atoms with E-state index in [1.54, 1.807) is 20.5 Å². The van der Waals surface area contributed by atoms with Crippen LogP contribution in [0.15, 0.2) is 41.0 Å². The van der Waals surface area contributed by atoms with Crippen LogP contribution in [0.2, 0.25) is 0 Å². The third-order valence-electron chi connectivity index (χ3n) is 3.53. The highest BCUT2D eigenvalue weighted by atomic mass is 16.5. The van der Waals surface area contributed by atoms with Gasteiger partial charge in [-0.15, -0.1) is 0 Å². The fraction of sp³-hybridized carbons (Fsp3) is 0.412. The minimum atomic E-state index is 0.177. The molecule has 0 fully saturated rings. The molecule has 0 radical (unpaired) electrons. The van der Waals surface area contributed by atoms with Gasteiger partial charge < -0.3 is 19.2 Å². The third kappa shape index (κ3) is 4.02. The van der Waals surface area contributed by atoms with Crippen LogP contribution in [0.4, 0.5) is 0 Å². The van der Waals surface area contributed by atoms with Gasteiger partial charge in [0.05, 0.1) is 20.5 Å². The lowest BCUT2D eigenvalue weighted by Gasteiger charge is -2.22. The largest absolute Gasteiger partial charge is 0.497 e. The van der Waals surface area contributed by atoms with Crippen LogP contribution >= 0.6 is 0 Å². The molecule has 1 N–H and O–H groups in total. The Balaban J connectivity index is 2.03. The van der Waals surface area contributed by atoms with Gasteiger partial charge in [-0.1, -0.05) is 6.07 Å². The summed E-state index contributed by atoms with van der Waals surface area (Å²) in [5, 5.41) is 3.57. The highest BCUT2D eigenvalue weighted by Gasteiger charge is 2.15. The van der Waals surface area contributed by atoms with E-state index in [0.29, 0.717) is 6.04 Å². The molecule has 4 nitrogen and oxygen atoms in total. The molecule has 0 aliphatic heterocycles. The van der Waals surface area contributed by atoms with E-state index < -0.39 is 0 Å². The van der Waals surface area contributed by atoms with Crippen LogP contribution in [-0.2, 0) is 6.42 Å². The van der Waals surface area contributed by atoms with E-state index in [1.807, 2.05) is 30.3 Å². The van der Waals surface area contributed by atoms with Gasteiger partial charge in [-0.25, -0.2) is 0 Å². The van der Waals surface area contributed by atoms with Crippen molar-refractivity contribution in [2.24, 2.45) is 0 Å². The monoisotopic (exact) mass is 289 g/mol. The first kappa shape index (κ1) is 15.4. The molecular weight excluding hydrogens is 266 g/mol. The summed E-state index contributed by atoms with van der Waals surface area (Å²) in [5.74, 6) is 2.62. The van der Waals surface area contributed by atoms with Crippen LogP contribution in [0.5, 0.6) is 11.5 Å². The van der Waals surface area contributed by atoms with Gasteiger partial charge >= 0.3 is 0 Å². The van der Waals surface area contributed by atoms with E-state index in [-0.39, 0.29) is 6.04 Å². The number of ether oxygens (including phenoxy) is 2. The summed E-state index contributed by atoms with van der Waals surface area (Å²) in [6.07, 6.45) is 2.56. The SMILES string of the molecule is COc1ccc(C(C)NC(C)Cc2ccco2)c(OC)c1. The van der Waals surface area contributed by atoms with E-state index in [0.717, 1.165) is 29.2 Å². The van der Waals surface area contributed by atoms with Crippen molar-refractivity contribution >= 4 is 0 Å². The Labute approximate surface area is 126 Å². The molecule has 1 heterocycles. The first-order valence-corrected chi connectivity index (χ1v) is 7.14. The average Bonchev–Trinajstić information content (AvgIpc) is 2.99. The van der Waals surface area contributed by atoms with Crippen LogP contribution in [0.3, 0.4) is 0 Å². The van der Waals surface area contributed by atoms with E-state index in [2.05, 4.69) is 19.2 Å². The third-order valence-corrected chi connectivity index (χ3v) is 3.53. The highest BCUT2D eigenvalue weighted by Crippen LogP contribution is 2.29. The van der Waals surface area contributed by atoms with E-state index >= 15 is 0 Å². The molecule has 2 aromatic rings. The summed E-state index contributed by atoms with van der Waals surface area (Å²) in [6, 6.07) is 10.3. The lowest BCUT2D eigenvalue weighted by atomic mass is 10.0. The van der Waals surface area contributed by atoms with Gasteiger partial charge in [-0.3, -0.25) is 0 Å². The standard InChI is InChI=1S/C17H23NO3/c1-12(10-15-6-5-9-21-15)18-13(2)16-8-7-14(19-3)11-17(16)20-4/h5-9,11-13,18H,10H2,1-4H3. The number of hydrogen-bond acceptors (Lipinski definition) is 4. The molecule has 0 amide bonds. The lowest BCUT2D eigenvalue weighted by Crippen LogP contribution is -2.30. The maximum atomic E-state index is 5.46. The van der Waals surface area contributed by atoms with E-state index in [1.165, 1.54) is 0 Å². The van der Waals surface area contributed by atoms with Crippen molar-refractivity contribution in [3.05, 3.63) is 47.9 Å². The Bertz CT molecular complexity index is 551. The molecule has 0 spiro atoms. The van der Waals surface area contributed by atoms with Gasteiger partial charge in [0.25, 0.3) is 0 Å². The zero-order chi connectivity index (χ0) is 15.2. The number of furan rings is 1. The van der Waals surface area contributed by atoms with E-state index in [4.69, 9.17) is 13.9 Å². The predicted molar refractivity (Wildman–Crippen MR) is 83.0 cm³/mol. The van der Waals surface area contributed by atoms with Crippen molar-refractivity contribution in [3.63, 3.8) is 0 Å². The van der Waals surface area contributed by atoms with Crippen molar-refractivity contribution < 1.29 is 13.9 Å². The maximum Gasteiger partial charge on any atom is 0.127 e. The average molecular weight is 289 g/mol. The van der Waals surface area contributed by atoms with Crippen molar-refractivity contribution in [1.82, 2.24) is 5.32 Å². The van der Waals surface area contributed by atoms with Crippen LogP contribution < -0.4 is 14.8 Å². The van der Waals surface area contributed by atoms with Gasteiger partial charge in [0.1, 0.15) is 17.3 Å². The molecule has 0 saturated heterocycles. The Morgan fingerprint density at radius 1 is 1.14 bits per heavy atom. The topological polar surface area (TPSA) is 43.6 Å². The van der Waals surface area contributed by atoms with Crippen LogP contribution in [-0.4, -0.2) is 20.3 Å². The minimum Gasteiger partial charge on any atom is -0.497 e. The Morgan fingerprint density at radius 3 is 2.57 bits per heavy atom. The summed E-state index contributed by atoms with van der Waals surface area (Å²) in [5.41, 5.74) is 1.12. The Morgan fingerprint density at radius 2 is 1.95 bits per heavy atom. The molecule has 2 atom stereocenters. The van der Waals surface area contributed by atoms with Gasteiger partial charge in [0.2, 0.25) is 0 Å². The van der Waals surface area contributed by atoms with Crippen molar-refractivity contribution in [3.8, 4) is 11.5 Å². The van der Waals surface area contributed by atoms with Crippen LogP contribution in [0.1, 0.15) is 31.2 Å². The normalized spacial score (nSPS) is 13.7. The molecule has 4 heteroatoms. The summed E-state index contributed by atoms with van der Waals surface area (Å²) < 4.78 is 16.1. The molecule has 114 valence electrons. The molecule has 1 aromatic carbocycles. The second-order valence-corrected chi connectivity index (χ2v) is 5.18. The fourth-order valence-electron chi connectivity index (χ4n) is 2.48. The number of methoxy groups -OCH3 is 2. The van der Waals surface area contributed by atoms with Crippen molar-refractivity contribution in [2.75, 3.05) is 14.2 Å². The fourth-order valence-corrected chi connectivity index (χ4v) is 2.48. The number of nitrogens with one attached hydrogen (secondary N) is 1. The number of benzene rings is 1. The zero-order valence-electron chi connectivity index (χ0n) is 13.1. The minimum absolute atomic E-state index is 0.177. The first-order valence-electron chi connectivity index (χ1n) is 7.14. The number of hydrogen-bond donors (Lipinski definition) is 1. The first-order chi connectivity index (χ1) is 10.1. The second kappa shape index (κ2) is 7.18. The Hall–Kier alpha value is -1.94. The maximum absolute atomic E-state index is 5.46. The van der Waals surface area contributed by atoms with Gasteiger partial charge in [0.15, 0.2) is 0 Å². The van der Waals surface area contributed by atoms with Crippen LogP contribution in [0, 0.1) is 0 Å². The van der Waals surface area contributed by atoms with E-state index in [9.17, 15) is 0 Å². The molecule has 21 heavy (non-hydrogen) atoms. The highest BCUT2D eigenvalue weighted by molar-refractivity contribution is 5.42. The summed E-state index contributed by atoms with van der Waals surface area (Å²) in [7, 11) is 3.33. The van der Waals surface area contributed by atoms with Gasteiger partial charge in [-0.2, -0.15) is 0 Å². The molecule has 2 unspecified atom stereocenters. The number of rotatable bonds is 7. The molecule has 0 aliphatic rings.